The first-order valence-electron chi connectivity index (χ1n) is 4.33. The molecule has 14 heavy (non-hydrogen) atoms. The van der Waals surface area contributed by atoms with Gasteiger partial charge >= 0.3 is 0 Å². The summed E-state index contributed by atoms with van der Waals surface area (Å²) in [6.45, 7) is 5.85. The van der Waals surface area contributed by atoms with Gasteiger partial charge in [0.25, 0.3) is 0 Å². The molecule has 0 aliphatic heterocycles. The van der Waals surface area contributed by atoms with Crippen LogP contribution >= 0.6 is 15.9 Å². The molecule has 1 aromatic carbocycles. The van der Waals surface area contributed by atoms with Crippen LogP contribution < -0.4 is 4.74 Å². The van der Waals surface area contributed by atoms with E-state index in [0.29, 0.717) is 6.61 Å². The summed E-state index contributed by atoms with van der Waals surface area (Å²) in [5, 5.41) is 9.27. The summed E-state index contributed by atoms with van der Waals surface area (Å²) in [7, 11) is 0. The molecule has 0 aliphatic rings. The number of halogens is 1. The van der Waals surface area contributed by atoms with Crippen molar-refractivity contribution in [3.63, 3.8) is 0 Å². The molecule has 1 rings (SSSR count). The minimum absolute atomic E-state index is 0.435. The first kappa shape index (κ1) is 11.3. The van der Waals surface area contributed by atoms with Crippen LogP contribution in [-0.2, 0) is 0 Å². The van der Waals surface area contributed by atoms with Gasteiger partial charge in [-0.2, -0.15) is 0 Å². The van der Waals surface area contributed by atoms with E-state index < -0.39 is 6.10 Å². The second-order valence-electron chi connectivity index (χ2n) is 3.05. The van der Waals surface area contributed by atoms with Crippen molar-refractivity contribution in [3.8, 4) is 5.75 Å². The molecule has 3 heteroatoms. The van der Waals surface area contributed by atoms with E-state index >= 15 is 0 Å². The molecule has 1 N–H and O–H groups in total. The molecule has 1 unspecified atom stereocenters. The molecule has 0 saturated heterocycles. The number of benzene rings is 1. The summed E-state index contributed by atoms with van der Waals surface area (Å²) in [5.41, 5.74) is 0.884. The van der Waals surface area contributed by atoms with Crippen LogP contribution in [0, 0.1) is 0 Å². The van der Waals surface area contributed by atoms with Crippen molar-refractivity contribution in [1.29, 1.82) is 0 Å². The maximum Gasteiger partial charge on any atom is 0.119 e. The van der Waals surface area contributed by atoms with Gasteiger partial charge in [-0.1, -0.05) is 34.6 Å². The Morgan fingerprint density at radius 1 is 1.50 bits per heavy atom. The van der Waals surface area contributed by atoms with Crippen LogP contribution in [0.3, 0.4) is 0 Å². The average molecular weight is 257 g/mol. The Balaban J connectivity index is 2.59. The van der Waals surface area contributed by atoms with Crippen molar-refractivity contribution in [2.24, 2.45) is 0 Å². The zero-order valence-electron chi connectivity index (χ0n) is 8.03. The molecule has 0 amide bonds. The van der Waals surface area contributed by atoms with Crippen molar-refractivity contribution >= 4 is 15.9 Å². The second-order valence-corrected chi connectivity index (χ2v) is 4.17. The summed E-state index contributed by atoms with van der Waals surface area (Å²) in [5.74, 6) is 0.773. The molecule has 1 atom stereocenters. The van der Waals surface area contributed by atoms with Crippen molar-refractivity contribution in [2.75, 3.05) is 6.61 Å². The highest BCUT2D eigenvalue weighted by atomic mass is 79.9. The van der Waals surface area contributed by atoms with Crippen molar-refractivity contribution in [3.05, 3.63) is 40.9 Å². The second kappa shape index (κ2) is 5.17. The van der Waals surface area contributed by atoms with E-state index in [1.165, 1.54) is 0 Å². The van der Waals surface area contributed by atoms with Crippen LogP contribution in [0.15, 0.2) is 35.3 Å². The zero-order chi connectivity index (χ0) is 10.6. The zero-order valence-corrected chi connectivity index (χ0v) is 9.62. The van der Waals surface area contributed by atoms with Crippen LogP contribution in [0.4, 0.5) is 0 Å². The van der Waals surface area contributed by atoms with E-state index in [9.17, 15) is 5.11 Å². The highest BCUT2D eigenvalue weighted by Gasteiger charge is 2.00. The van der Waals surface area contributed by atoms with Gasteiger partial charge in [-0.25, -0.2) is 0 Å². The molecule has 0 saturated carbocycles. The van der Waals surface area contributed by atoms with Crippen LogP contribution in [0.5, 0.6) is 5.75 Å². The smallest absolute Gasteiger partial charge is 0.119 e. The monoisotopic (exact) mass is 256 g/mol. The number of aliphatic hydroxyl groups excluding tert-OH is 1. The molecule has 0 aliphatic carbocycles. The van der Waals surface area contributed by atoms with Gasteiger partial charge in [-0.05, 0) is 24.6 Å². The average Bonchev–Trinajstić information content (AvgIpc) is 2.15. The van der Waals surface area contributed by atoms with E-state index in [1.807, 2.05) is 24.3 Å². The molecule has 0 aromatic heterocycles. The lowest BCUT2D eigenvalue weighted by Gasteiger charge is -2.07. The van der Waals surface area contributed by atoms with Crippen LogP contribution in [-0.4, -0.2) is 11.7 Å². The van der Waals surface area contributed by atoms with Crippen LogP contribution in [0.2, 0.25) is 0 Å². The van der Waals surface area contributed by atoms with Crippen molar-refractivity contribution in [1.82, 2.24) is 0 Å². The number of ether oxygens (including phenoxy) is 1. The third kappa shape index (κ3) is 3.52. The Kier molecular flexibility index (Phi) is 4.17. The van der Waals surface area contributed by atoms with Crippen LogP contribution in [0.1, 0.15) is 18.6 Å². The van der Waals surface area contributed by atoms with Gasteiger partial charge in [0, 0.05) is 4.48 Å². The summed E-state index contributed by atoms with van der Waals surface area (Å²) in [6, 6.07) is 7.35. The van der Waals surface area contributed by atoms with Gasteiger partial charge in [0.15, 0.2) is 0 Å². The summed E-state index contributed by atoms with van der Waals surface area (Å²) in [4.78, 5) is 0. The lowest BCUT2D eigenvalue weighted by molar-refractivity contribution is 0.199. The molecule has 0 heterocycles. The fourth-order valence-electron chi connectivity index (χ4n) is 1.00. The van der Waals surface area contributed by atoms with Gasteiger partial charge in [-0.15, -0.1) is 0 Å². The number of rotatable bonds is 4. The molecular weight excluding hydrogens is 244 g/mol. The molecule has 0 bridgehead atoms. The first-order valence-corrected chi connectivity index (χ1v) is 5.13. The minimum Gasteiger partial charge on any atom is -0.488 e. The largest absolute Gasteiger partial charge is 0.488 e. The van der Waals surface area contributed by atoms with E-state index in [-0.39, 0.29) is 0 Å². The Labute approximate surface area is 92.3 Å². The summed E-state index contributed by atoms with van der Waals surface area (Å²) in [6.07, 6.45) is -0.435. The van der Waals surface area contributed by atoms with Crippen molar-refractivity contribution < 1.29 is 9.84 Å². The SMILES string of the molecule is C=C(Br)COc1ccc(C(C)O)cc1. The lowest BCUT2D eigenvalue weighted by atomic mass is 10.1. The molecule has 0 radical (unpaired) electrons. The Morgan fingerprint density at radius 3 is 2.50 bits per heavy atom. The first-order chi connectivity index (χ1) is 6.59. The topological polar surface area (TPSA) is 29.5 Å². The molecule has 2 nitrogen and oxygen atoms in total. The number of hydrogen-bond donors (Lipinski definition) is 1. The van der Waals surface area contributed by atoms with E-state index in [1.54, 1.807) is 6.92 Å². The molecule has 0 fully saturated rings. The fraction of sp³-hybridized carbons (Fsp3) is 0.273. The van der Waals surface area contributed by atoms with Gasteiger partial charge < -0.3 is 9.84 Å². The van der Waals surface area contributed by atoms with Gasteiger partial charge in [-0.3, -0.25) is 0 Å². The normalized spacial score (nSPS) is 12.2. The third-order valence-corrected chi connectivity index (χ3v) is 1.99. The van der Waals surface area contributed by atoms with Crippen molar-refractivity contribution in [2.45, 2.75) is 13.0 Å². The highest BCUT2D eigenvalue weighted by molar-refractivity contribution is 9.11. The predicted octanol–water partition coefficient (Wildman–Crippen LogP) is 3.03. The van der Waals surface area contributed by atoms with Gasteiger partial charge in [0.2, 0.25) is 0 Å². The van der Waals surface area contributed by atoms with Gasteiger partial charge in [0.1, 0.15) is 12.4 Å². The number of hydrogen-bond acceptors (Lipinski definition) is 2. The quantitative estimate of drug-likeness (QED) is 0.898. The summed E-state index contributed by atoms with van der Waals surface area (Å²) < 4.78 is 6.18. The minimum atomic E-state index is -0.435. The number of aliphatic hydroxyl groups is 1. The van der Waals surface area contributed by atoms with E-state index in [0.717, 1.165) is 15.8 Å². The summed E-state index contributed by atoms with van der Waals surface area (Å²) >= 11 is 3.21. The molecule has 1 aromatic rings. The molecule has 76 valence electrons. The maximum atomic E-state index is 9.27. The maximum absolute atomic E-state index is 9.27. The standard InChI is InChI=1S/C11H13BrO2/c1-8(12)7-14-11-5-3-10(4-6-11)9(2)13/h3-6,9,13H,1,7H2,2H3. The molecule has 0 spiro atoms. The Hall–Kier alpha value is -0.800. The Bertz CT molecular complexity index is 304. The van der Waals surface area contributed by atoms with E-state index in [4.69, 9.17) is 4.74 Å². The molecular formula is C11H13BrO2. The lowest BCUT2D eigenvalue weighted by Crippen LogP contribution is -1.96. The Morgan fingerprint density at radius 2 is 2.07 bits per heavy atom. The highest BCUT2D eigenvalue weighted by Crippen LogP contribution is 2.17. The van der Waals surface area contributed by atoms with E-state index in [2.05, 4.69) is 22.5 Å². The third-order valence-electron chi connectivity index (χ3n) is 1.76. The predicted molar refractivity (Wildman–Crippen MR) is 60.6 cm³/mol. The van der Waals surface area contributed by atoms with Gasteiger partial charge in [0.05, 0.1) is 6.10 Å². The fourth-order valence-corrected chi connectivity index (χ4v) is 1.12. The van der Waals surface area contributed by atoms with Crippen LogP contribution in [0.25, 0.3) is 0 Å².